The zero-order chi connectivity index (χ0) is 8.77. The Kier molecular flexibility index (Phi) is 1.64. The maximum absolute atomic E-state index is 10.5. The van der Waals surface area contributed by atoms with Gasteiger partial charge in [-0.25, -0.2) is 0 Å². The summed E-state index contributed by atoms with van der Waals surface area (Å²) in [5.41, 5.74) is 1.51. The van der Waals surface area contributed by atoms with E-state index in [2.05, 4.69) is 13.5 Å². The topological polar surface area (TPSA) is 17.1 Å². The van der Waals surface area contributed by atoms with Gasteiger partial charge in [-0.05, 0) is 36.5 Å². The van der Waals surface area contributed by atoms with E-state index in [9.17, 15) is 4.79 Å². The summed E-state index contributed by atoms with van der Waals surface area (Å²) in [6, 6.07) is 0. The minimum absolute atomic E-state index is 0.157. The SMILES string of the molecule is C=C1[C@@H]2CC[C@@H](C2)[C@]1(C)CC=O. The van der Waals surface area contributed by atoms with Gasteiger partial charge in [-0.15, -0.1) is 0 Å². The average Bonchev–Trinajstić information content (AvgIpc) is 2.57. The number of aldehydes is 1. The molecular formula is C11H16O. The Morgan fingerprint density at radius 2 is 2.42 bits per heavy atom. The highest BCUT2D eigenvalue weighted by Crippen LogP contribution is 2.59. The predicted octanol–water partition coefficient (Wildman–Crippen LogP) is 2.57. The molecule has 0 N–H and O–H groups in total. The number of carbonyl (C=O) groups is 1. The van der Waals surface area contributed by atoms with Crippen LogP contribution in [0, 0.1) is 17.3 Å². The molecular weight excluding hydrogens is 148 g/mol. The van der Waals surface area contributed by atoms with Crippen molar-refractivity contribution in [1.82, 2.24) is 0 Å². The van der Waals surface area contributed by atoms with Crippen LogP contribution >= 0.6 is 0 Å². The molecule has 0 radical (unpaired) electrons. The molecule has 0 unspecified atom stereocenters. The third kappa shape index (κ3) is 0.825. The Morgan fingerprint density at radius 1 is 1.67 bits per heavy atom. The molecule has 66 valence electrons. The fourth-order valence-electron chi connectivity index (χ4n) is 3.08. The number of rotatable bonds is 2. The molecule has 2 aliphatic carbocycles. The summed E-state index contributed by atoms with van der Waals surface area (Å²) in [4.78, 5) is 10.5. The smallest absolute Gasteiger partial charge is 0.120 e. The second-order valence-electron chi connectivity index (χ2n) is 4.52. The molecule has 0 aliphatic heterocycles. The normalized spacial score (nSPS) is 45.2. The standard InChI is InChI=1S/C11H16O/c1-8-9-3-4-10(7-9)11(8,2)5-6-12/h6,9-10H,1,3-5,7H2,2H3/t9-,10+,11-/m1/s1. The Labute approximate surface area is 73.8 Å². The van der Waals surface area contributed by atoms with Gasteiger partial charge in [0.05, 0.1) is 0 Å². The first kappa shape index (κ1) is 8.03. The van der Waals surface area contributed by atoms with Gasteiger partial charge in [-0.2, -0.15) is 0 Å². The van der Waals surface area contributed by atoms with Crippen molar-refractivity contribution >= 4 is 6.29 Å². The molecule has 3 atom stereocenters. The van der Waals surface area contributed by atoms with Crippen LogP contribution < -0.4 is 0 Å². The summed E-state index contributed by atoms with van der Waals surface area (Å²) >= 11 is 0. The zero-order valence-corrected chi connectivity index (χ0v) is 7.68. The minimum Gasteiger partial charge on any atom is -0.303 e. The first-order valence-corrected chi connectivity index (χ1v) is 4.81. The van der Waals surface area contributed by atoms with Gasteiger partial charge in [0, 0.05) is 6.42 Å². The van der Waals surface area contributed by atoms with E-state index < -0.39 is 0 Å². The van der Waals surface area contributed by atoms with Gasteiger partial charge < -0.3 is 4.79 Å². The van der Waals surface area contributed by atoms with E-state index in [1.54, 1.807) is 0 Å². The number of hydrogen-bond donors (Lipinski definition) is 0. The molecule has 2 rings (SSSR count). The molecule has 0 aromatic heterocycles. The van der Waals surface area contributed by atoms with E-state index in [4.69, 9.17) is 0 Å². The van der Waals surface area contributed by atoms with Crippen LogP contribution in [0.4, 0.5) is 0 Å². The molecule has 2 saturated carbocycles. The van der Waals surface area contributed by atoms with E-state index in [1.807, 2.05) is 0 Å². The Bertz CT molecular complexity index is 231. The molecule has 2 fully saturated rings. The molecule has 0 heterocycles. The van der Waals surface area contributed by atoms with Crippen molar-refractivity contribution in [3.8, 4) is 0 Å². The molecule has 0 spiro atoms. The summed E-state index contributed by atoms with van der Waals surface area (Å²) < 4.78 is 0. The molecule has 1 heteroatoms. The van der Waals surface area contributed by atoms with Gasteiger partial charge in [0.25, 0.3) is 0 Å². The van der Waals surface area contributed by atoms with Crippen molar-refractivity contribution in [1.29, 1.82) is 0 Å². The van der Waals surface area contributed by atoms with E-state index in [0.29, 0.717) is 6.42 Å². The fourth-order valence-corrected chi connectivity index (χ4v) is 3.08. The van der Waals surface area contributed by atoms with Gasteiger partial charge in [0.15, 0.2) is 0 Å². The van der Waals surface area contributed by atoms with Crippen molar-refractivity contribution in [3.63, 3.8) is 0 Å². The first-order valence-electron chi connectivity index (χ1n) is 4.81. The first-order chi connectivity index (χ1) is 5.68. The van der Waals surface area contributed by atoms with Gasteiger partial charge in [-0.3, -0.25) is 0 Å². The minimum atomic E-state index is 0.157. The summed E-state index contributed by atoms with van der Waals surface area (Å²) in [6.07, 6.45) is 5.67. The fraction of sp³-hybridized carbons (Fsp3) is 0.727. The average molecular weight is 164 g/mol. The molecule has 2 bridgehead atoms. The van der Waals surface area contributed by atoms with Crippen molar-refractivity contribution in [3.05, 3.63) is 12.2 Å². The zero-order valence-electron chi connectivity index (χ0n) is 7.68. The lowest BCUT2D eigenvalue weighted by atomic mass is 9.70. The van der Waals surface area contributed by atoms with Crippen LogP contribution in [-0.4, -0.2) is 6.29 Å². The summed E-state index contributed by atoms with van der Waals surface area (Å²) in [5.74, 6) is 1.49. The second-order valence-corrected chi connectivity index (χ2v) is 4.52. The molecule has 2 aliphatic rings. The van der Waals surface area contributed by atoms with Crippen LogP contribution in [0.15, 0.2) is 12.2 Å². The number of fused-ring (bicyclic) bond motifs is 2. The van der Waals surface area contributed by atoms with E-state index >= 15 is 0 Å². The van der Waals surface area contributed by atoms with Crippen LogP contribution in [0.5, 0.6) is 0 Å². The van der Waals surface area contributed by atoms with Crippen LogP contribution in [0.25, 0.3) is 0 Å². The molecule has 0 saturated heterocycles. The maximum Gasteiger partial charge on any atom is 0.120 e. The Balaban J connectivity index is 2.25. The summed E-state index contributed by atoms with van der Waals surface area (Å²) in [6.45, 7) is 6.37. The van der Waals surface area contributed by atoms with Crippen molar-refractivity contribution in [2.75, 3.05) is 0 Å². The quantitative estimate of drug-likeness (QED) is 0.453. The Morgan fingerprint density at radius 3 is 2.92 bits per heavy atom. The van der Waals surface area contributed by atoms with E-state index in [-0.39, 0.29) is 5.41 Å². The van der Waals surface area contributed by atoms with Gasteiger partial charge in [0.1, 0.15) is 6.29 Å². The van der Waals surface area contributed by atoms with Gasteiger partial charge >= 0.3 is 0 Å². The number of allylic oxidation sites excluding steroid dienone is 1. The second kappa shape index (κ2) is 2.45. The lowest BCUT2D eigenvalue weighted by Gasteiger charge is -2.34. The highest BCUT2D eigenvalue weighted by molar-refractivity contribution is 5.53. The van der Waals surface area contributed by atoms with Crippen molar-refractivity contribution < 1.29 is 4.79 Å². The van der Waals surface area contributed by atoms with Crippen LogP contribution in [-0.2, 0) is 4.79 Å². The summed E-state index contributed by atoms with van der Waals surface area (Å²) in [5, 5.41) is 0. The third-order valence-corrected chi connectivity index (χ3v) is 4.07. The van der Waals surface area contributed by atoms with E-state index in [0.717, 1.165) is 18.1 Å². The lowest BCUT2D eigenvalue weighted by molar-refractivity contribution is -0.109. The molecule has 0 aromatic carbocycles. The molecule has 0 aromatic rings. The molecule has 12 heavy (non-hydrogen) atoms. The van der Waals surface area contributed by atoms with Crippen LogP contribution in [0.3, 0.4) is 0 Å². The van der Waals surface area contributed by atoms with E-state index in [1.165, 1.54) is 24.8 Å². The predicted molar refractivity (Wildman–Crippen MR) is 48.8 cm³/mol. The highest BCUT2D eigenvalue weighted by atomic mass is 16.1. The maximum atomic E-state index is 10.5. The molecule has 1 nitrogen and oxygen atoms in total. The Hall–Kier alpha value is -0.590. The molecule has 0 amide bonds. The highest BCUT2D eigenvalue weighted by Gasteiger charge is 2.50. The number of hydrogen-bond acceptors (Lipinski definition) is 1. The number of carbonyl (C=O) groups excluding carboxylic acids is 1. The van der Waals surface area contributed by atoms with Crippen molar-refractivity contribution in [2.24, 2.45) is 17.3 Å². The lowest BCUT2D eigenvalue weighted by Crippen LogP contribution is -2.26. The van der Waals surface area contributed by atoms with Crippen LogP contribution in [0.1, 0.15) is 32.6 Å². The monoisotopic (exact) mass is 164 g/mol. The third-order valence-electron chi connectivity index (χ3n) is 4.07. The largest absolute Gasteiger partial charge is 0.303 e. The van der Waals surface area contributed by atoms with Crippen LogP contribution in [0.2, 0.25) is 0 Å². The van der Waals surface area contributed by atoms with Gasteiger partial charge in [-0.1, -0.05) is 19.1 Å². The van der Waals surface area contributed by atoms with Crippen molar-refractivity contribution in [2.45, 2.75) is 32.6 Å². The van der Waals surface area contributed by atoms with Gasteiger partial charge in [0.2, 0.25) is 0 Å². The summed E-state index contributed by atoms with van der Waals surface area (Å²) in [7, 11) is 0.